The summed E-state index contributed by atoms with van der Waals surface area (Å²) in [6.45, 7) is 2.58. The Balaban J connectivity index is 2.16. The van der Waals surface area contributed by atoms with Crippen LogP contribution in [0.15, 0.2) is 46.1 Å². The first-order valence-electron chi connectivity index (χ1n) is 6.82. The Hall–Kier alpha value is -2.63. The third-order valence-electron chi connectivity index (χ3n) is 3.62. The Morgan fingerprint density at radius 2 is 1.90 bits per heavy atom. The lowest BCUT2D eigenvalue weighted by molar-refractivity contribution is 0.590. The molecule has 0 unspecified atom stereocenters. The molecule has 108 valence electrons. The molecule has 1 aromatic carbocycles. The van der Waals surface area contributed by atoms with E-state index in [0.717, 1.165) is 16.6 Å². The molecule has 0 spiro atoms. The van der Waals surface area contributed by atoms with Gasteiger partial charge in [-0.05, 0) is 13.0 Å². The van der Waals surface area contributed by atoms with Crippen LogP contribution in [-0.4, -0.2) is 18.9 Å². The van der Waals surface area contributed by atoms with Gasteiger partial charge >= 0.3 is 5.69 Å². The van der Waals surface area contributed by atoms with E-state index in [9.17, 15) is 9.59 Å². The molecule has 21 heavy (non-hydrogen) atoms. The highest BCUT2D eigenvalue weighted by Gasteiger charge is 2.11. The summed E-state index contributed by atoms with van der Waals surface area (Å²) >= 11 is 0. The van der Waals surface area contributed by atoms with Gasteiger partial charge in [-0.15, -0.1) is 0 Å². The number of rotatable bonds is 3. The van der Waals surface area contributed by atoms with Crippen molar-refractivity contribution in [1.82, 2.24) is 18.9 Å². The minimum atomic E-state index is -0.306. The fourth-order valence-corrected chi connectivity index (χ4v) is 2.50. The maximum absolute atomic E-state index is 12.3. The van der Waals surface area contributed by atoms with Gasteiger partial charge in [0.05, 0.1) is 17.8 Å². The summed E-state index contributed by atoms with van der Waals surface area (Å²) in [6.07, 6.45) is 1.53. The van der Waals surface area contributed by atoms with Crippen LogP contribution >= 0.6 is 0 Å². The van der Waals surface area contributed by atoms with Crippen LogP contribution in [0.1, 0.15) is 12.6 Å². The zero-order valence-electron chi connectivity index (χ0n) is 12.0. The molecule has 0 atom stereocenters. The molecular weight excluding hydrogens is 268 g/mol. The van der Waals surface area contributed by atoms with Crippen LogP contribution in [0.3, 0.4) is 0 Å². The first kappa shape index (κ1) is 13.4. The van der Waals surface area contributed by atoms with E-state index < -0.39 is 0 Å². The Kier molecular flexibility index (Phi) is 3.21. The van der Waals surface area contributed by atoms with E-state index in [1.165, 1.54) is 21.4 Å². The molecule has 0 N–H and O–H groups in total. The molecule has 0 radical (unpaired) electrons. The summed E-state index contributed by atoms with van der Waals surface area (Å²) in [5.74, 6) is 0. The standard InChI is InChI=1S/C15H16N4O2/c1-3-18-9-8-14(20)19(15(18)21)10-12-11-6-4-5-7-13(11)17(2)16-12/h4-9H,3,10H2,1-2H3. The Labute approximate surface area is 120 Å². The molecule has 3 rings (SSSR count). The van der Waals surface area contributed by atoms with Gasteiger partial charge in [-0.3, -0.25) is 14.0 Å². The summed E-state index contributed by atoms with van der Waals surface area (Å²) in [5.41, 5.74) is 1.09. The van der Waals surface area contributed by atoms with Gasteiger partial charge in [-0.25, -0.2) is 4.79 Å². The van der Waals surface area contributed by atoms with Crippen LogP contribution in [0.25, 0.3) is 10.9 Å². The largest absolute Gasteiger partial charge is 0.331 e. The predicted octanol–water partition coefficient (Wildman–Crippen LogP) is 0.965. The van der Waals surface area contributed by atoms with Crippen molar-refractivity contribution in [2.75, 3.05) is 0 Å². The Morgan fingerprint density at radius 3 is 2.67 bits per heavy atom. The van der Waals surface area contributed by atoms with Crippen molar-refractivity contribution in [2.24, 2.45) is 7.05 Å². The lowest BCUT2D eigenvalue weighted by Crippen LogP contribution is -2.39. The predicted molar refractivity (Wildman–Crippen MR) is 80.5 cm³/mol. The summed E-state index contributed by atoms with van der Waals surface area (Å²) in [6, 6.07) is 9.18. The van der Waals surface area contributed by atoms with Gasteiger partial charge in [0.2, 0.25) is 0 Å². The molecule has 0 saturated heterocycles. The normalized spacial score (nSPS) is 11.1. The van der Waals surface area contributed by atoms with Crippen molar-refractivity contribution in [3.05, 3.63) is 63.1 Å². The van der Waals surface area contributed by atoms with Crippen LogP contribution < -0.4 is 11.2 Å². The molecule has 2 aromatic heterocycles. The molecule has 0 saturated carbocycles. The van der Waals surface area contributed by atoms with Gasteiger partial charge in [0.15, 0.2) is 0 Å². The molecule has 0 amide bonds. The van der Waals surface area contributed by atoms with Gasteiger partial charge in [0.1, 0.15) is 0 Å². The smallest absolute Gasteiger partial charge is 0.301 e. The zero-order valence-corrected chi connectivity index (χ0v) is 12.0. The van der Waals surface area contributed by atoms with Crippen molar-refractivity contribution in [1.29, 1.82) is 0 Å². The minimum Gasteiger partial charge on any atom is -0.301 e. The van der Waals surface area contributed by atoms with Crippen LogP contribution in [-0.2, 0) is 20.1 Å². The summed E-state index contributed by atoms with van der Waals surface area (Å²) < 4.78 is 4.49. The van der Waals surface area contributed by atoms with E-state index in [-0.39, 0.29) is 17.8 Å². The lowest BCUT2D eigenvalue weighted by atomic mass is 10.2. The molecule has 3 aromatic rings. The van der Waals surface area contributed by atoms with Gasteiger partial charge in [0, 0.05) is 31.2 Å². The van der Waals surface area contributed by atoms with Crippen molar-refractivity contribution in [3.8, 4) is 0 Å². The van der Waals surface area contributed by atoms with Crippen LogP contribution in [0.5, 0.6) is 0 Å². The second-order valence-corrected chi connectivity index (χ2v) is 4.90. The molecular formula is C15H16N4O2. The molecule has 2 heterocycles. The number of aromatic nitrogens is 4. The number of hydrogen-bond acceptors (Lipinski definition) is 3. The van der Waals surface area contributed by atoms with Crippen molar-refractivity contribution in [3.63, 3.8) is 0 Å². The van der Waals surface area contributed by atoms with Crippen molar-refractivity contribution < 1.29 is 0 Å². The van der Waals surface area contributed by atoms with Crippen LogP contribution in [0.4, 0.5) is 0 Å². The first-order chi connectivity index (χ1) is 10.1. The average Bonchev–Trinajstić information content (AvgIpc) is 2.81. The monoisotopic (exact) mass is 284 g/mol. The number of para-hydroxylation sites is 1. The highest BCUT2D eigenvalue weighted by atomic mass is 16.2. The summed E-state index contributed by atoms with van der Waals surface area (Å²) in [4.78, 5) is 24.2. The van der Waals surface area contributed by atoms with Gasteiger partial charge in [0.25, 0.3) is 5.56 Å². The van der Waals surface area contributed by atoms with E-state index in [2.05, 4.69) is 5.10 Å². The SMILES string of the molecule is CCn1ccc(=O)n(Cc2nn(C)c3ccccc23)c1=O. The van der Waals surface area contributed by atoms with E-state index in [0.29, 0.717) is 6.54 Å². The number of aryl methyl sites for hydroxylation is 2. The lowest BCUT2D eigenvalue weighted by Gasteiger charge is -2.06. The second-order valence-electron chi connectivity index (χ2n) is 4.90. The quantitative estimate of drug-likeness (QED) is 0.720. The number of nitrogens with zero attached hydrogens (tertiary/aromatic N) is 4. The molecule has 6 nitrogen and oxygen atoms in total. The van der Waals surface area contributed by atoms with Crippen molar-refractivity contribution >= 4 is 10.9 Å². The third kappa shape index (κ3) is 2.18. The minimum absolute atomic E-state index is 0.180. The molecule has 0 aliphatic heterocycles. The van der Waals surface area contributed by atoms with Gasteiger partial charge in [-0.2, -0.15) is 5.10 Å². The maximum atomic E-state index is 12.3. The highest BCUT2D eigenvalue weighted by molar-refractivity contribution is 5.81. The fourth-order valence-electron chi connectivity index (χ4n) is 2.50. The molecule has 0 bridgehead atoms. The third-order valence-corrected chi connectivity index (χ3v) is 3.62. The Bertz CT molecular complexity index is 917. The van der Waals surface area contributed by atoms with Crippen LogP contribution in [0, 0.1) is 0 Å². The van der Waals surface area contributed by atoms with Gasteiger partial charge < -0.3 is 4.57 Å². The number of hydrogen-bond donors (Lipinski definition) is 0. The fraction of sp³-hybridized carbons (Fsp3) is 0.267. The van der Waals surface area contributed by atoms with E-state index in [1.54, 1.807) is 4.68 Å². The Morgan fingerprint density at radius 1 is 1.14 bits per heavy atom. The average molecular weight is 284 g/mol. The van der Waals surface area contributed by atoms with E-state index in [4.69, 9.17) is 0 Å². The number of benzene rings is 1. The molecule has 0 aliphatic carbocycles. The molecule has 0 aliphatic rings. The molecule has 0 fully saturated rings. The maximum Gasteiger partial charge on any atom is 0.331 e. The zero-order chi connectivity index (χ0) is 15.0. The van der Waals surface area contributed by atoms with E-state index in [1.807, 2.05) is 38.2 Å². The first-order valence-corrected chi connectivity index (χ1v) is 6.82. The number of fused-ring (bicyclic) bond motifs is 1. The second kappa shape index (κ2) is 5.05. The highest BCUT2D eigenvalue weighted by Crippen LogP contribution is 2.17. The molecule has 6 heteroatoms. The topological polar surface area (TPSA) is 61.8 Å². The summed E-state index contributed by atoms with van der Waals surface area (Å²) in [5, 5.41) is 5.39. The van der Waals surface area contributed by atoms with Crippen LogP contribution in [0.2, 0.25) is 0 Å². The van der Waals surface area contributed by atoms with Gasteiger partial charge in [-0.1, -0.05) is 18.2 Å². The van der Waals surface area contributed by atoms with Crippen molar-refractivity contribution in [2.45, 2.75) is 20.0 Å². The van der Waals surface area contributed by atoms with E-state index >= 15 is 0 Å². The summed E-state index contributed by atoms with van der Waals surface area (Å²) in [7, 11) is 1.85.